The zero-order valence-corrected chi connectivity index (χ0v) is 20.7. The number of carboxylic acid groups (broad SMARTS) is 2. The fourth-order valence-electron chi connectivity index (χ4n) is 3.82. The van der Waals surface area contributed by atoms with Crippen LogP contribution in [0.5, 0.6) is 11.5 Å². The Bertz CT molecular complexity index is 1280. The number of para-hydroxylation sites is 1. The molecule has 7 heteroatoms. The van der Waals surface area contributed by atoms with E-state index in [1.54, 1.807) is 31.4 Å². The number of ether oxygens (including phenoxy) is 2. The van der Waals surface area contributed by atoms with Crippen LogP contribution in [0.4, 0.5) is 0 Å². The van der Waals surface area contributed by atoms with Crippen LogP contribution < -0.4 is 9.47 Å². The lowest BCUT2D eigenvalue weighted by Crippen LogP contribution is -2.07. The number of carbonyl (C=O) groups excluding carboxylic acids is 1. The molecule has 0 heterocycles. The predicted molar refractivity (Wildman–Crippen MR) is 141 cm³/mol. The van der Waals surface area contributed by atoms with Crippen LogP contribution in [0.1, 0.15) is 63.1 Å². The molecule has 0 aromatic heterocycles. The number of hydrogen-bond acceptors (Lipinski definition) is 5. The standard InChI is InChI=1S/C30H30O7/c1-36-26-13-6-5-10-21(26)9-4-2-3-7-18-37-27-16-14-24(19-22(27)15-17-28(31)32)29(33)23-11-8-12-25(20-23)30(34)35/h4-6,8-14,16,19-20H,2-3,7,15,17-18H2,1H3,(H,31,32)(H,34,35). The van der Waals surface area contributed by atoms with Crippen LogP contribution in [0.2, 0.25) is 0 Å². The van der Waals surface area contributed by atoms with Crippen molar-refractivity contribution < 1.29 is 34.1 Å². The van der Waals surface area contributed by atoms with E-state index in [1.165, 1.54) is 18.2 Å². The average molecular weight is 503 g/mol. The van der Waals surface area contributed by atoms with E-state index in [0.29, 0.717) is 23.5 Å². The fourth-order valence-corrected chi connectivity index (χ4v) is 3.82. The molecule has 0 radical (unpaired) electrons. The van der Waals surface area contributed by atoms with E-state index < -0.39 is 11.9 Å². The van der Waals surface area contributed by atoms with Gasteiger partial charge in [0.05, 0.1) is 19.3 Å². The maximum Gasteiger partial charge on any atom is 0.335 e. The summed E-state index contributed by atoms with van der Waals surface area (Å²) in [5.41, 5.74) is 2.26. The topological polar surface area (TPSA) is 110 Å². The number of aryl methyl sites for hydroxylation is 1. The number of unbranched alkanes of at least 4 members (excludes halogenated alkanes) is 2. The van der Waals surface area contributed by atoms with Crippen molar-refractivity contribution >= 4 is 23.8 Å². The second-order valence-electron chi connectivity index (χ2n) is 8.42. The van der Waals surface area contributed by atoms with Crippen LogP contribution in [0.3, 0.4) is 0 Å². The summed E-state index contributed by atoms with van der Waals surface area (Å²) in [6, 6.07) is 18.5. The first-order valence-electron chi connectivity index (χ1n) is 12.0. The van der Waals surface area contributed by atoms with Crippen LogP contribution in [0.15, 0.2) is 72.8 Å². The van der Waals surface area contributed by atoms with Crippen molar-refractivity contribution in [3.63, 3.8) is 0 Å². The van der Waals surface area contributed by atoms with Crippen LogP contribution in [-0.4, -0.2) is 41.7 Å². The van der Waals surface area contributed by atoms with Gasteiger partial charge in [0.1, 0.15) is 11.5 Å². The second kappa shape index (κ2) is 13.6. The van der Waals surface area contributed by atoms with Crippen molar-refractivity contribution in [2.75, 3.05) is 13.7 Å². The van der Waals surface area contributed by atoms with Gasteiger partial charge in [0.15, 0.2) is 5.78 Å². The van der Waals surface area contributed by atoms with E-state index in [-0.39, 0.29) is 29.8 Å². The molecule has 0 bridgehead atoms. The van der Waals surface area contributed by atoms with E-state index in [0.717, 1.165) is 30.6 Å². The van der Waals surface area contributed by atoms with Gasteiger partial charge in [-0.1, -0.05) is 42.5 Å². The highest BCUT2D eigenvalue weighted by molar-refractivity contribution is 6.10. The molecule has 0 atom stereocenters. The lowest BCUT2D eigenvalue weighted by molar-refractivity contribution is -0.136. The summed E-state index contributed by atoms with van der Waals surface area (Å²) in [6.45, 7) is 0.455. The molecule has 0 saturated carbocycles. The summed E-state index contributed by atoms with van der Waals surface area (Å²) in [5.74, 6) is -1.03. The lowest BCUT2D eigenvalue weighted by Gasteiger charge is -2.13. The van der Waals surface area contributed by atoms with Crippen molar-refractivity contribution in [3.8, 4) is 11.5 Å². The zero-order valence-electron chi connectivity index (χ0n) is 20.7. The lowest BCUT2D eigenvalue weighted by atomic mass is 9.98. The number of methoxy groups -OCH3 is 1. The highest BCUT2D eigenvalue weighted by atomic mass is 16.5. The van der Waals surface area contributed by atoms with E-state index in [9.17, 15) is 19.5 Å². The molecule has 0 aliphatic heterocycles. The minimum Gasteiger partial charge on any atom is -0.496 e. The Morgan fingerprint density at radius 2 is 1.59 bits per heavy atom. The fraction of sp³-hybridized carbons (Fsp3) is 0.233. The maximum absolute atomic E-state index is 13.0. The van der Waals surface area contributed by atoms with Gasteiger partial charge in [0, 0.05) is 23.1 Å². The Hall–Kier alpha value is -4.39. The van der Waals surface area contributed by atoms with Crippen molar-refractivity contribution in [3.05, 3.63) is 101 Å². The summed E-state index contributed by atoms with van der Waals surface area (Å²) in [6.07, 6.45) is 6.82. The second-order valence-corrected chi connectivity index (χ2v) is 8.42. The summed E-state index contributed by atoms with van der Waals surface area (Å²) >= 11 is 0. The third-order valence-corrected chi connectivity index (χ3v) is 5.76. The number of aliphatic carboxylic acids is 1. The number of ketones is 1. The molecule has 3 rings (SSSR count). The Morgan fingerprint density at radius 1 is 0.838 bits per heavy atom. The molecule has 7 nitrogen and oxygen atoms in total. The number of hydrogen-bond donors (Lipinski definition) is 2. The smallest absolute Gasteiger partial charge is 0.335 e. The Balaban J connectivity index is 1.61. The highest BCUT2D eigenvalue weighted by Gasteiger charge is 2.15. The summed E-state index contributed by atoms with van der Waals surface area (Å²) in [4.78, 5) is 35.4. The predicted octanol–water partition coefficient (Wildman–Crippen LogP) is 5.90. The number of aromatic carboxylic acids is 1. The number of allylic oxidation sites excluding steroid dienone is 1. The molecule has 0 aliphatic rings. The first kappa shape index (κ1) is 27.2. The third kappa shape index (κ3) is 8.07. The van der Waals surface area contributed by atoms with Crippen LogP contribution in [-0.2, 0) is 11.2 Å². The van der Waals surface area contributed by atoms with E-state index in [1.807, 2.05) is 30.3 Å². The number of rotatable bonds is 14. The van der Waals surface area contributed by atoms with Crippen LogP contribution in [0, 0.1) is 0 Å². The van der Waals surface area contributed by atoms with E-state index in [2.05, 4.69) is 6.08 Å². The van der Waals surface area contributed by atoms with Gasteiger partial charge in [0.25, 0.3) is 0 Å². The highest BCUT2D eigenvalue weighted by Crippen LogP contribution is 2.25. The normalized spacial score (nSPS) is 10.8. The molecule has 0 saturated heterocycles. The summed E-state index contributed by atoms with van der Waals surface area (Å²) in [5, 5.41) is 18.3. The quantitative estimate of drug-likeness (QED) is 0.208. The van der Waals surface area contributed by atoms with Gasteiger partial charge < -0.3 is 19.7 Å². The van der Waals surface area contributed by atoms with Crippen molar-refractivity contribution in [1.29, 1.82) is 0 Å². The molecule has 37 heavy (non-hydrogen) atoms. The van der Waals surface area contributed by atoms with Crippen LogP contribution >= 0.6 is 0 Å². The van der Waals surface area contributed by atoms with Gasteiger partial charge in [-0.15, -0.1) is 0 Å². The monoisotopic (exact) mass is 502 g/mol. The molecule has 3 aromatic rings. The third-order valence-electron chi connectivity index (χ3n) is 5.76. The zero-order chi connectivity index (χ0) is 26.6. The number of carboxylic acids is 2. The van der Waals surface area contributed by atoms with E-state index in [4.69, 9.17) is 14.6 Å². The minimum absolute atomic E-state index is 0.0228. The molecular formula is C30H30O7. The van der Waals surface area contributed by atoms with Gasteiger partial charge in [-0.2, -0.15) is 0 Å². The number of benzene rings is 3. The molecular weight excluding hydrogens is 472 g/mol. The largest absolute Gasteiger partial charge is 0.496 e. The van der Waals surface area contributed by atoms with Crippen molar-refractivity contribution in [1.82, 2.24) is 0 Å². The first-order valence-corrected chi connectivity index (χ1v) is 12.0. The molecule has 0 aliphatic carbocycles. The molecule has 3 aromatic carbocycles. The Morgan fingerprint density at radius 3 is 2.35 bits per heavy atom. The molecule has 192 valence electrons. The van der Waals surface area contributed by atoms with Gasteiger partial charge in [-0.25, -0.2) is 4.79 Å². The first-order chi connectivity index (χ1) is 17.9. The van der Waals surface area contributed by atoms with Gasteiger partial charge >= 0.3 is 11.9 Å². The molecule has 2 N–H and O–H groups in total. The Labute approximate surface area is 216 Å². The van der Waals surface area contributed by atoms with Gasteiger partial charge in [0.2, 0.25) is 0 Å². The average Bonchev–Trinajstić information content (AvgIpc) is 2.91. The van der Waals surface area contributed by atoms with Crippen molar-refractivity contribution in [2.45, 2.75) is 32.1 Å². The molecule has 0 amide bonds. The van der Waals surface area contributed by atoms with Crippen LogP contribution in [0.25, 0.3) is 6.08 Å². The summed E-state index contributed by atoms with van der Waals surface area (Å²) < 4.78 is 11.3. The molecule has 0 unspecified atom stereocenters. The van der Waals surface area contributed by atoms with Gasteiger partial charge in [-0.05, 0) is 67.6 Å². The molecule has 0 fully saturated rings. The minimum atomic E-state index is -1.11. The summed E-state index contributed by atoms with van der Waals surface area (Å²) in [7, 11) is 1.65. The number of carbonyl (C=O) groups is 3. The van der Waals surface area contributed by atoms with Gasteiger partial charge in [-0.3, -0.25) is 9.59 Å². The SMILES string of the molecule is COc1ccccc1C=CCCCCOc1ccc(C(=O)c2cccc(C(=O)O)c2)cc1CCC(=O)O. The maximum atomic E-state index is 13.0. The Kier molecular flexibility index (Phi) is 10.0. The van der Waals surface area contributed by atoms with Crippen molar-refractivity contribution in [2.24, 2.45) is 0 Å². The molecule has 0 spiro atoms. The van der Waals surface area contributed by atoms with E-state index >= 15 is 0 Å².